The highest BCUT2D eigenvalue weighted by molar-refractivity contribution is 9.10. The summed E-state index contributed by atoms with van der Waals surface area (Å²) in [6.07, 6.45) is -0.553. The minimum Gasteiger partial charge on any atom is -0.388 e. The molecule has 5 heteroatoms. The van der Waals surface area contributed by atoms with Gasteiger partial charge in [-0.1, -0.05) is 57.3 Å². The first-order valence-electron chi connectivity index (χ1n) is 5.55. The molecule has 2 aromatic rings. The normalized spacial score (nSPS) is 12.5. The van der Waals surface area contributed by atoms with Gasteiger partial charge in [0, 0.05) is 15.9 Å². The lowest BCUT2D eigenvalue weighted by Crippen LogP contribution is -2.03. The molecule has 0 heterocycles. The van der Waals surface area contributed by atoms with E-state index in [0.717, 1.165) is 0 Å². The number of aliphatic hydroxyl groups is 1. The highest BCUT2D eigenvalue weighted by Gasteiger charge is 2.15. The van der Waals surface area contributed by atoms with Gasteiger partial charge >= 0.3 is 0 Å². The van der Waals surface area contributed by atoms with E-state index >= 15 is 0 Å². The topological polar surface area (TPSA) is 20.2 Å². The molecule has 0 saturated heterocycles. The summed E-state index contributed by atoms with van der Waals surface area (Å²) in [6, 6.07) is 9.67. The van der Waals surface area contributed by atoms with Crippen LogP contribution in [0.4, 0.5) is 4.39 Å². The average molecular weight is 364 g/mol. The molecule has 2 aromatic carbocycles. The van der Waals surface area contributed by atoms with Crippen molar-refractivity contribution in [3.8, 4) is 0 Å². The summed E-state index contributed by atoms with van der Waals surface area (Å²) in [4.78, 5) is 0. The molecule has 1 unspecified atom stereocenters. The third kappa shape index (κ3) is 3.48. The SMILES string of the molecule is OC(Cc1cccc(F)c1Cl)c1ccc(Cl)cc1Br. The van der Waals surface area contributed by atoms with Crippen molar-refractivity contribution in [2.75, 3.05) is 0 Å². The monoisotopic (exact) mass is 362 g/mol. The molecule has 1 nitrogen and oxygen atoms in total. The Morgan fingerprint density at radius 1 is 1.21 bits per heavy atom. The molecule has 1 N–H and O–H groups in total. The third-order valence-electron chi connectivity index (χ3n) is 2.77. The van der Waals surface area contributed by atoms with E-state index in [0.29, 0.717) is 20.6 Å². The molecule has 0 bridgehead atoms. The molecule has 0 aliphatic rings. The Bertz CT molecular complexity index is 604. The lowest BCUT2D eigenvalue weighted by atomic mass is 10.0. The lowest BCUT2D eigenvalue weighted by molar-refractivity contribution is 0.177. The first kappa shape index (κ1) is 14.8. The number of halogens is 4. The van der Waals surface area contributed by atoms with Crippen LogP contribution in [0.2, 0.25) is 10.0 Å². The fourth-order valence-electron chi connectivity index (χ4n) is 1.80. The van der Waals surface area contributed by atoms with Crippen LogP contribution in [0, 0.1) is 5.82 Å². The number of benzene rings is 2. The molecule has 0 aromatic heterocycles. The van der Waals surface area contributed by atoms with Gasteiger partial charge in [-0.3, -0.25) is 0 Å². The summed E-state index contributed by atoms with van der Waals surface area (Å²) < 4.78 is 14.0. The summed E-state index contributed by atoms with van der Waals surface area (Å²) in [5, 5.41) is 10.8. The van der Waals surface area contributed by atoms with Crippen molar-refractivity contribution in [2.24, 2.45) is 0 Å². The Morgan fingerprint density at radius 3 is 2.63 bits per heavy atom. The second-order valence-corrected chi connectivity index (χ2v) is 5.77. The van der Waals surface area contributed by atoms with Gasteiger partial charge in [-0.2, -0.15) is 0 Å². The number of aliphatic hydroxyl groups excluding tert-OH is 1. The maximum Gasteiger partial charge on any atom is 0.142 e. The standard InChI is InChI=1S/C14H10BrCl2FO/c15-11-7-9(16)4-5-10(11)13(19)6-8-2-1-3-12(18)14(8)17/h1-5,7,13,19H,6H2. The zero-order valence-corrected chi connectivity index (χ0v) is 12.8. The van der Waals surface area contributed by atoms with Crippen LogP contribution in [-0.2, 0) is 6.42 Å². The van der Waals surface area contributed by atoms with Crippen LogP contribution in [0.3, 0.4) is 0 Å². The van der Waals surface area contributed by atoms with E-state index < -0.39 is 11.9 Å². The van der Waals surface area contributed by atoms with Gasteiger partial charge in [-0.25, -0.2) is 4.39 Å². The molecule has 19 heavy (non-hydrogen) atoms. The van der Waals surface area contributed by atoms with Gasteiger partial charge < -0.3 is 5.11 Å². The van der Waals surface area contributed by atoms with Gasteiger partial charge in [0.25, 0.3) is 0 Å². The Kier molecular flexibility index (Phi) is 4.85. The van der Waals surface area contributed by atoms with Crippen molar-refractivity contribution >= 4 is 39.1 Å². The van der Waals surface area contributed by atoms with E-state index in [4.69, 9.17) is 23.2 Å². The minimum absolute atomic E-state index is 0.0478. The van der Waals surface area contributed by atoms with Crippen LogP contribution in [0.1, 0.15) is 17.2 Å². The first-order valence-corrected chi connectivity index (χ1v) is 7.10. The van der Waals surface area contributed by atoms with Crippen LogP contribution in [0.25, 0.3) is 0 Å². The van der Waals surface area contributed by atoms with Crippen LogP contribution in [0.5, 0.6) is 0 Å². The molecule has 1 atom stereocenters. The van der Waals surface area contributed by atoms with Gasteiger partial charge in [0.15, 0.2) is 0 Å². The van der Waals surface area contributed by atoms with Crippen LogP contribution in [-0.4, -0.2) is 5.11 Å². The summed E-state index contributed by atoms with van der Waals surface area (Å²) in [5.74, 6) is -0.485. The summed E-state index contributed by atoms with van der Waals surface area (Å²) in [5.41, 5.74) is 1.25. The van der Waals surface area contributed by atoms with Crippen LogP contribution >= 0.6 is 39.1 Å². The predicted molar refractivity (Wildman–Crippen MR) is 79.2 cm³/mol. The predicted octanol–water partition coefficient (Wildman–Crippen LogP) is 5.17. The maximum atomic E-state index is 13.3. The average Bonchev–Trinajstić information content (AvgIpc) is 2.34. The van der Waals surface area contributed by atoms with Crippen LogP contribution < -0.4 is 0 Å². The van der Waals surface area contributed by atoms with Gasteiger partial charge in [0.1, 0.15) is 5.82 Å². The molecular formula is C14H10BrCl2FO. The number of rotatable bonds is 3. The molecule has 2 rings (SSSR count). The fraction of sp³-hybridized carbons (Fsp3) is 0.143. The molecule has 0 radical (unpaired) electrons. The molecule has 0 amide bonds. The highest BCUT2D eigenvalue weighted by atomic mass is 79.9. The molecular weight excluding hydrogens is 354 g/mol. The van der Waals surface area contributed by atoms with E-state index in [-0.39, 0.29) is 11.4 Å². The summed E-state index contributed by atoms with van der Waals surface area (Å²) >= 11 is 15.1. The Hall–Kier alpha value is -0.610. The molecule has 0 spiro atoms. The largest absolute Gasteiger partial charge is 0.388 e. The second kappa shape index (κ2) is 6.23. The highest BCUT2D eigenvalue weighted by Crippen LogP contribution is 2.30. The van der Waals surface area contributed by atoms with E-state index in [1.165, 1.54) is 6.07 Å². The van der Waals surface area contributed by atoms with Crippen molar-refractivity contribution in [2.45, 2.75) is 12.5 Å². The van der Waals surface area contributed by atoms with E-state index in [9.17, 15) is 9.50 Å². The Morgan fingerprint density at radius 2 is 1.95 bits per heavy atom. The van der Waals surface area contributed by atoms with Crippen LogP contribution in [0.15, 0.2) is 40.9 Å². The quantitative estimate of drug-likeness (QED) is 0.797. The zero-order valence-electron chi connectivity index (χ0n) is 9.71. The lowest BCUT2D eigenvalue weighted by Gasteiger charge is -2.14. The number of hydrogen-bond donors (Lipinski definition) is 1. The molecule has 0 fully saturated rings. The molecule has 100 valence electrons. The van der Waals surface area contributed by atoms with Crippen molar-refractivity contribution in [1.82, 2.24) is 0 Å². The minimum atomic E-state index is -0.786. The summed E-state index contributed by atoms with van der Waals surface area (Å²) in [6.45, 7) is 0. The van der Waals surface area contributed by atoms with Crippen molar-refractivity contribution in [3.63, 3.8) is 0 Å². The van der Waals surface area contributed by atoms with Crippen molar-refractivity contribution < 1.29 is 9.50 Å². The smallest absolute Gasteiger partial charge is 0.142 e. The summed E-state index contributed by atoms with van der Waals surface area (Å²) in [7, 11) is 0. The van der Waals surface area contributed by atoms with E-state index in [2.05, 4.69) is 15.9 Å². The Balaban J connectivity index is 2.25. The Labute approximate surface area is 129 Å². The zero-order chi connectivity index (χ0) is 14.0. The molecule has 0 aliphatic carbocycles. The van der Waals surface area contributed by atoms with Crippen molar-refractivity contribution in [1.29, 1.82) is 0 Å². The van der Waals surface area contributed by atoms with Gasteiger partial charge in [-0.05, 0) is 29.3 Å². The maximum absolute atomic E-state index is 13.3. The second-order valence-electron chi connectivity index (χ2n) is 4.10. The first-order chi connectivity index (χ1) is 8.99. The molecule has 0 aliphatic heterocycles. The van der Waals surface area contributed by atoms with E-state index in [1.54, 1.807) is 30.3 Å². The third-order valence-corrected chi connectivity index (χ3v) is 4.11. The fourth-order valence-corrected chi connectivity index (χ4v) is 2.95. The number of hydrogen-bond acceptors (Lipinski definition) is 1. The molecule has 0 saturated carbocycles. The van der Waals surface area contributed by atoms with Gasteiger partial charge in [0.05, 0.1) is 11.1 Å². The van der Waals surface area contributed by atoms with E-state index in [1.807, 2.05) is 0 Å². The van der Waals surface area contributed by atoms with Gasteiger partial charge in [0.2, 0.25) is 0 Å². The van der Waals surface area contributed by atoms with Crippen molar-refractivity contribution in [3.05, 3.63) is 67.9 Å². The van der Waals surface area contributed by atoms with Gasteiger partial charge in [-0.15, -0.1) is 0 Å².